The molecular weight excluding hydrogens is 440 g/mol. The second-order valence-electron chi connectivity index (χ2n) is 9.43. The smallest absolute Gasteiger partial charge is 0.335 e. The zero-order valence-electron chi connectivity index (χ0n) is 21.5. The third-order valence-corrected chi connectivity index (χ3v) is 6.18. The number of esters is 2. The molecule has 0 fully saturated rings. The van der Waals surface area contributed by atoms with Gasteiger partial charge < -0.3 is 14.6 Å². The number of carbonyl (C=O) groups is 2. The number of ether oxygens (including phenoxy) is 2. The Morgan fingerprint density at radius 1 is 0.943 bits per heavy atom. The van der Waals surface area contributed by atoms with E-state index in [1.807, 2.05) is 31.2 Å². The molecule has 0 saturated heterocycles. The van der Waals surface area contributed by atoms with Crippen LogP contribution in [0.3, 0.4) is 0 Å². The summed E-state index contributed by atoms with van der Waals surface area (Å²) in [6, 6.07) is 14.5. The van der Waals surface area contributed by atoms with E-state index in [-0.39, 0.29) is 18.8 Å². The molecule has 5 nitrogen and oxygen atoms in total. The van der Waals surface area contributed by atoms with Gasteiger partial charge in [0.25, 0.3) is 0 Å². The predicted octanol–water partition coefficient (Wildman–Crippen LogP) is 5.86. The quantitative estimate of drug-likeness (QED) is 0.222. The number of hydrogen-bond donors (Lipinski definition) is 1. The molecule has 35 heavy (non-hydrogen) atoms. The lowest BCUT2D eigenvalue weighted by Crippen LogP contribution is -2.36. The van der Waals surface area contributed by atoms with Gasteiger partial charge in [-0.3, -0.25) is 0 Å². The number of hydrogen-bond acceptors (Lipinski definition) is 5. The highest BCUT2D eigenvalue weighted by molar-refractivity contribution is 5.88. The van der Waals surface area contributed by atoms with Gasteiger partial charge in [-0.05, 0) is 61.4 Å². The van der Waals surface area contributed by atoms with Crippen molar-refractivity contribution >= 4 is 11.9 Å². The third kappa shape index (κ3) is 7.93. The number of rotatable bonds is 13. The number of aliphatic hydroxyl groups excluding tert-OH is 1. The predicted molar refractivity (Wildman–Crippen MR) is 140 cm³/mol. The normalized spacial score (nSPS) is 12.5. The van der Waals surface area contributed by atoms with Crippen LogP contribution in [0.4, 0.5) is 0 Å². The van der Waals surface area contributed by atoms with Gasteiger partial charge in [-0.15, -0.1) is 0 Å². The zero-order chi connectivity index (χ0) is 26.0. The topological polar surface area (TPSA) is 72.8 Å². The van der Waals surface area contributed by atoms with Crippen LogP contribution in [0.5, 0.6) is 0 Å². The maximum absolute atomic E-state index is 12.1. The fourth-order valence-electron chi connectivity index (χ4n) is 3.73. The average Bonchev–Trinajstić information content (AvgIpc) is 2.86. The first-order chi connectivity index (χ1) is 16.6. The molecule has 1 N–H and O–H groups in total. The number of aryl methyl sites for hydroxylation is 2. The number of unbranched alkanes of at least 4 members (excludes halogenated alkanes) is 2. The van der Waals surface area contributed by atoms with E-state index < -0.39 is 24.0 Å². The van der Waals surface area contributed by atoms with Crippen molar-refractivity contribution in [2.75, 3.05) is 19.8 Å². The van der Waals surface area contributed by atoms with Crippen molar-refractivity contribution in [3.63, 3.8) is 0 Å². The molecule has 2 aromatic carbocycles. The molecule has 0 saturated carbocycles. The van der Waals surface area contributed by atoms with Crippen molar-refractivity contribution in [1.82, 2.24) is 0 Å². The Morgan fingerprint density at radius 3 is 2.09 bits per heavy atom. The molecule has 0 amide bonds. The van der Waals surface area contributed by atoms with Gasteiger partial charge >= 0.3 is 11.9 Å². The summed E-state index contributed by atoms with van der Waals surface area (Å²) in [5.41, 5.74) is 5.20. The van der Waals surface area contributed by atoms with E-state index in [0.29, 0.717) is 5.57 Å². The Labute approximate surface area is 209 Å². The summed E-state index contributed by atoms with van der Waals surface area (Å²) in [7, 11) is 0. The molecular formula is C30H38O5. The van der Waals surface area contributed by atoms with E-state index in [2.05, 4.69) is 45.2 Å². The molecule has 2 aromatic rings. The molecule has 2 rings (SSSR count). The van der Waals surface area contributed by atoms with Gasteiger partial charge in [-0.25, -0.2) is 9.59 Å². The van der Waals surface area contributed by atoms with Crippen LogP contribution in [0.1, 0.15) is 56.7 Å². The molecule has 1 unspecified atom stereocenters. The minimum atomic E-state index is -0.798. The first kappa shape index (κ1) is 28.1. The van der Waals surface area contributed by atoms with Gasteiger partial charge in [0.2, 0.25) is 0 Å². The average molecular weight is 479 g/mol. The zero-order valence-corrected chi connectivity index (χ0v) is 21.5. The summed E-state index contributed by atoms with van der Waals surface area (Å²) < 4.78 is 10.8. The Balaban J connectivity index is 2.25. The lowest BCUT2D eigenvalue weighted by molar-refractivity contribution is -0.145. The molecule has 0 bridgehead atoms. The molecule has 0 aliphatic rings. The number of carbonyl (C=O) groups excluding carboxylic acids is 2. The number of benzene rings is 2. The van der Waals surface area contributed by atoms with Crippen LogP contribution in [0.2, 0.25) is 0 Å². The van der Waals surface area contributed by atoms with E-state index in [4.69, 9.17) is 14.6 Å². The monoisotopic (exact) mass is 478 g/mol. The largest absolute Gasteiger partial charge is 0.461 e. The second kappa shape index (κ2) is 13.1. The molecule has 0 spiro atoms. The molecule has 1 atom stereocenters. The first-order valence-electron chi connectivity index (χ1n) is 12.1. The van der Waals surface area contributed by atoms with Gasteiger partial charge in [0, 0.05) is 5.57 Å². The molecule has 0 heterocycles. The second-order valence-corrected chi connectivity index (χ2v) is 9.43. The maximum Gasteiger partial charge on any atom is 0.335 e. The van der Waals surface area contributed by atoms with Crippen molar-refractivity contribution in [1.29, 1.82) is 0 Å². The van der Waals surface area contributed by atoms with Crippen LogP contribution in [-0.2, 0) is 30.9 Å². The van der Waals surface area contributed by atoms with Gasteiger partial charge in [-0.2, -0.15) is 0 Å². The lowest BCUT2D eigenvalue weighted by Gasteiger charge is -2.29. The maximum atomic E-state index is 12.1. The fourth-order valence-corrected chi connectivity index (χ4v) is 3.73. The van der Waals surface area contributed by atoms with Crippen molar-refractivity contribution in [3.8, 4) is 11.1 Å². The van der Waals surface area contributed by atoms with Gasteiger partial charge in [0.15, 0.2) is 0 Å². The van der Waals surface area contributed by atoms with Crippen molar-refractivity contribution in [2.45, 2.75) is 58.8 Å². The Hall–Kier alpha value is -3.18. The summed E-state index contributed by atoms with van der Waals surface area (Å²) in [6.45, 7) is 14.4. The van der Waals surface area contributed by atoms with E-state index in [9.17, 15) is 9.59 Å². The highest BCUT2D eigenvalue weighted by Crippen LogP contribution is 2.30. The highest BCUT2D eigenvalue weighted by atomic mass is 16.5. The Morgan fingerprint density at radius 2 is 1.54 bits per heavy atom. The van der Waals surface area contributed by atoms with Gasteiger partial charge in [0.05, 0.1) is 17.6 Å². The molecule has 0 aliphatic carbocycles. The molecule has 188 valence electrons. The minimum Gasteiger partial charge on any atom is -0.461 e. The number of aliphatic hydroxyl groups is 1. The summed E-state index contributed by atoms with van der Waals surface area (Å²) in [6.07, 6.45) is 4.76. The van der Waals surface area contributed by atoms with Gasteiger partial charge in [0.1, 0.15) is 13.2 Å². The molecule has 0 aromatic heterocycles. The fraction of sp³-hybridized carbons (Fsp3) is 0.400. The lowest BCUT2D eigenvalue weighted by atomic mass is 9.83. The van der Waals surface area contributed by atoms with E-state index >= 15 is 0 Å². The van der Waals surface area contributed by atoms with Gasteiger partial charge in [-0.1, -0.05) is 75.4 Å². The van der Waals surface area contributed by atoms with Crippen LogP contribution in [0.15, 0.2) is 66.8 Å². The van der Waals surface area contributed by atoms with E-state index in [0.717, 1.165) is 23.1 Å². The van der Waals surface area contributed by atoms with Crippen molar-refractivity contribution in [3.05, 3.63) is 83.5 Å². The summed E-state index contributed by atoms with van der Waals surface area (Å²) >= 11 is 0. The third-order valence-electron chi connectivity index (χ3n) is 6.18. The first-order valence-corrected chi connectivity index (χ1v) is 12.1. The Kier molecular flexibility index (Phi) is 10.5. The molecule has 0 radical (unpaired) electrons. The standard InChI is InChI=1S/C30H38O5/c1-7-8-9-10-24-11-12-26(17-22(24)4)25-13-15-27(16-14-25)30(6,19-34-28(32)21(2)3)20-35-29(33)23(5)18-31/h11-17,31H,2,5,7-10,18-20H2,1,3-4,6H3. The molecule has 5 heteroatoms. The highest BCUT2D eigenvalue weighted by Gasteiger charge is 2.31. The summed E-state index contributed by atoms with van der Waals surface area (Å²) in [4.78, 5) is 24.1. The van der Waals surface area contributed by atoms with Crippen molar-refractivity contribution < 1.29 is 24.2 Å². The van der Waals surface area contributed by atoms with E-state index in [1.165, 1.54) is 30.4 Å². The van der Waals surface area contributed by atoms with Crippen LogP contribution < -0.4 is 0 Å². The van der Waals surface area contributed by atoms with Crippen molar-refractivity contribution in [2.24, 2.45) is 0 Å². The van der Waals surface area contributed by atoms with E-state index in [1.54, 1.807) is 6.92 Å². The Bertz CT molecular complexity index is 1050. The van der Waals surface area contributed by atoms with Crippen LogP contribution in [0, 0.1) is 6.92 Å². The minimum absolute atomic E-state index is 0.00247. The van der Waals surface area contributed by atoms with Crippen LogP contribution in [0.25, 0.3) is 11.1 Å². The van der Waals surface area contributed by atoms with Crippen LogP contribution in [-0.4, -0.2) is 36.9 Å². The molecule has 0 aliphatic heterocycles. The summed E-state index contributed by atoms with van der Waals surface area (Å²) in [5.74, 6) is -1.19. The summed E-state index contributed by atoms with van der Waals surface area (Å²) in [5, 5.41) is 9.14. The van der Waals surface area contributed by atoms with Crippen LogP contribution >= 0.6 is 0 Å². The SMILES string of the molecule is C=C(C)C(=O)OCC(C)(COC(=O)C(=C)CO)c1ccc(-c2ccc(CCCCC)c(C)c2)cc1.